The number of likely N-dealkylation sites (tertiary alicyclic amines) is 1. The van der Waals surface area contributed by atoms with Gasteiger partial charge in [0.2, 0.25) is 6.79 Å². The summed E-state index contributed by atoms with van der Waals surface area (Å²) in [5, 5.41) is 0. The van der Waals surface area contributed by atoms with E-state index < -0.39 is 0 Å². The molecule has 1 aromatic carbocycles. The van der Waals surface area contributed by atoms with E-state index in [9.17, 15) is 0 Å². The van der Waals surface area contributed by atoms with Gasteiger partial charge in [-0.3, -0.25) is 0 Å². The van der Waals surface area contributed by atoms with Gasteiger partial charge in [0.25, 0.3) is 0 Å². The summed E-state index contributed by atoms with van der Waals surface area (Å²) >= 11 is 0. The van der Waals surface area contributed by atoms with E-state index in [1.807, 2.05) is 52.8 Å². The van der Waals surface area contributed by atoms with Crippen LogP contribution in [0.4, 0.5) is 0 Å². The minimum atomic E-state index is 0.360. The molecule has 0 spiro atoms. The zero-order valence-electron chi connectivity index (χ0n) is 14.7. The summed E-state index contributed by atoms with van der Waals surface area (Å²) in [5.41, 5.74) is 1.20. The van der Waals surface area contributed by atoms with Crippen LogP contribution in [0.15, 0.2) is 18.2 Å². The topological polar surface area (TPSA) is 21.7 Å². The highest BCUT2D eigenvalue weighted by Gasteiger charge is 2.11. The minimum Gasteiger partial charge on any atom is -0.454 e. The first-order valence-electron chi connectivity index (χ1n) is 8.30. The molecule has 0 N–H and O–H groups in total. The van der Waals surface area contributed by atoms with Gasteiger partial charge < -0.3 is 14.4 Å². The normalized spacial score (nSPS) is 15.5. The Bertz CT molecular complexity index is 360. The second kappa shape index (κ2) is 12.5. The summed E-state index contributed by atoms with van der Waals surface area (Å²) in [6, 6.07) is 5.91. The monoisotopic (exact) mass is 295 g/mol. The second-order valence-corrected chi connectivity index (χ2v) is 4.72. The van der Waals surface area contributed by atoms with Crippen molar-refractivity contribution < 1.29 is 9.47 Å². The fourth-order valence-corrected chi connectivity index (χ4v) is 2.06. The third-order valence-electron chi connectivity index (χ3n) is 3.11. The Morgan fingerprint density at radius 2 is 1.43 bits per heavy atom. The van der Waals surface area contributed by atoms with E-state index in [2.05, 4.69) is 11.9 Å². The molecule has 2 heterocycles. The van der Waals surface area contributed by atoms with Crippen LogP contribution in [-0.4, -0.2) is 31.8 Å². The number of fused-ring (bicyclic) bond motifs is 1. The van der Waals surface area contributed by atoms with Crippen LogP contribution in [0, 0.1) is 6.92 Å². The Hall–Kier alpha value is -1.22. The molecular formula is C18H33NO2. The lowest BCUT2D eigenvalue weighted by molar-refractivity contribution is 0.174. The number of piperidine rings is 1. The van der Waals surface area contributed by atoms with Gasteiger partial charge in [-0.15, -0.1) is 0 Å². The first kappa shape index (κ1) is 19.8. The van der Waals surface area contributed by atoms with Crippen molar-refractivity contribution in [2.24, 2.45) is 0 Å². The predicted molar refractivity (Wildman–Crippen MR) is 91.3 cm³/mol. The van der Waals surface area contributed by atoms with Crippen LogP contribution < -0.4 is 9.47 Å². The third kappa shape index (κ3) is 7.96. The maximum absolute atomic E-state index is 5.16. The van der Waals surface area contributed by atoms with Crippen molar-refractivity contribution in [1.29, 1.82) is 0 Å². The Kier molecular flexibility index (Phi) is 11.8. The quantitative estimate of drug-likeness (QED) is 0.681. The highest BCUT2D eigenvalue weighted by molar-refractivity contribution is 5.43. The molecular weight excluding hydrogens is 262 g/mol. The lowest BCUT2D eigenvalue weighted by atomic mass is 10.1. The molecule has 0 radical (unpaired) electrons. The van der Waals surface area contributed by atoms with Crippen molar-refractivity contribution >= 4 is 0 Å². The molecule has 1 saturated heterocycles. The summed E-state index contributed by atoms with van der Waals surface area (Å²) in [6.45, 7) is 13.0. The standard InChI is InChI=1S/C8H8O2.C6H13N.2C2H6/c1-6-2-3-7-8(4-6)10-5-9-7;1-7-5-3-2-4-6-7;2*1-2/h2-4H,5H2,1H3;2-6H2,1H3;2*1-2H3. The molecule has 2 aliphatic heterocycles. The Morgan fingerprint density at radius 3 is 1.95 bits per heavy atom. The number of nitrogens with zero attached hydrogens (tertiary/aromatic N) is 1. The van der Waals surface area contributed by atoms with Crippen molar-refractivity contribution in [1.82, 2.24) is 4.90 Å². The molecule has 3 nitrogen and oxygen atoms in total. The number of rotatable bonds is 0. The van der Waals surface area contributed by atoms with Crippen molar-refractivity contribution in [3.63, 3.8) is 0 Å². The summed E-state index contributed by atoms with van der Waals surface area (Å²) in [7, 11) is 2.19. The van der Waals surface area contributed by atoms with Gasteiger partial charge in [0.05, 0.1) is 0 Å². The van der Waals surface area contributed by atoms with Crippen LogP contribution >= 0.6 is 0 Å². The van der Waals surface area contributed by atoms with Crippen molar-refractivity contribution in [3.05, 3.63) is 23.8 Å². The summed E-state index contributed by atoms with van der Waals surface area (Å²) in [4.78, 5) is 2.39. The molecule has 0 aromatic heterocycles. The first-order chi connectivity index (χ1) is 10.3. The van der Waals surface area contributed by atoms with E-state index in [0.29, 0.717) is 6.79 Å². The molecule has 21 heavy (non-hydrogen) atoms. The molecule has 0 aliphatic carbocycles. The van der Waals surface area contributed by atoms with E-state index in [0.717, 1.165) is 11.5 Å². The molecule has 1 aromatic rings. The van der Waals surface area contributed by atoms with Gasteiger partial charge in [-0.2, -0.15) is 0 Å². The van der Waals surface area contributed by atoms with Crippen LogP contribution in [0.1, 0.15) is 52.5 Å². The van der Waals surface area contributed by atoms with Gasteiger partial charge in [-0.25, -0.2) is 0 Å². The number of ether oxygens (including phenoxy) is 2. The van der Waals surface area contributed by atoms with E-state index in [-0.39, 0.29) is 0 Å². The lowest BCUT2D eigenvalue weighted by Crippen LogP contribution is -2.24. The van der Waals surface area contributed by atoms with Gasteiger partial charge in [-0.1, -0.05) is 40.2 Å². The van der Waals surface area contributed by atoms with Crippen molar-refractivity contribution in [2.45, 2.75) is 53.9 Å². The highest BCUT2D eigenvalue weighted by atomic mass is 16.7. The van der Waals surface area contributed by atoms with Gasteiger partial charge in [-0.05, 0) is 57.6 Å². The fourth-order valence-electron chi connectivity index (χ4n) is 2.06. The van der Waals surface area contributed by atoms with Gasteiger partial charge in [0.1, 0.15) is 0 Å². The molecule has 2 aliphatic rings. The van der Waals surface area contributed by atoms with Crippen molar-refractivity contribution in [2.75, 3.05) is 26.9 Å². The van der Waals surface area contributed by atoms with Gasteiger partial charge in [0, 0.05) is 0 Å². The molecule has 0 bridgehead atoms. The third-order valence-corrected chi connectivity index (χ3v) is 3.11. The van der Waals surface area contributed by atoms with Crippen LogP contribution in [0.3, 0.4) is 0 Å². The average Bonchev–Trinajstić information content (AvgIpc) is 3.00. The van der Waals surface area contributed by atoms with E-state index >= 15 is 0 Å². The van der Waals surface area contributed by atoms with Crippen LogP contribution in [-0.2, 0) is 0 Å². The molecule has 0 amide bonds. The second-order valence-electron chi connectivity index (χ2n) is 4.72. The number of hydrogen-bond acceptors (Lipinski definition) is 3. The molecule has 3 rings (SSSR count). The maximum atomic E-state index is 5.16. The Labute approximate surface area is 131 Å². The SMILES string of the molecule is CC.CC.CN1CCCCC1.Cc1ccc2c(c1)OCO2. The molecule has 0 saturated carbocycles. The molecule has 122 valence electrons. The zero-order chi connectivity index (χ0) is 16.1. The highest BCUT2D eigenvalue weighted by Crippen LogP contribution is 2.31. The van der Waals surface area contributed by atoms with Gasteiger partial charge >= 0.3 is 0 Å². The van der Waals surface area contributed by atoms with Gasteiger partial charge in [0.15, 0.2) is 11.5 Å². The zero-order valence-corrected chi connectivity index (χ0v) is 14.7. The summed E-state index contributed by atoms with van der Waals surface area (Å²) in [6.07, 6.45) is 4.28. The molecule has 3 heteroatoms. The summed E-state index contributed by atoms with van der Waals surface area (Å²) < 4.78 is 10.3. The number of hydrogen-bond donors (Lipinski definition) is 0. The van der Waals surface area contributed by atoms with Crippen LogP contribution in [0.25, 0.3) is 0 Å². The van der Waals surface area contributed by atoms with Crippen molar-refractivity contribution in [3.8, 4) is 11.5 Å². The first-order valence-corrected chi connectivity index (χ1v) is 8.30. The molecule has 1 fully saturated rings. The smallest absolute Gasteiger partial charge is 0.231 e. The largest absolute Gasteiger partial charge is 0.454 e. The molecule has 0 atom stereocenters. The van der Waals surface area contributed by atoms with E-state index in [4.69, 9.17) is 9.47 Å². The maximum Gasteiger partial charge on any atom is 0.231 e. The number of aryl methyl sites for hydroxylation is 1. The van der Waals surface area contributed by atoms with Crippen LogP contribution in [0.5, 0.6) is 11.5 Å². The Morgan fingerprint density at radius 1 is 0.857 bits per heavy atom. The minimum absolute atomic E-state index is 0.360. The number of benzene rings is 1. The van der Waals surface area contributed by atoms with Crippen LogP contribution in [0.2, 0.25) is 0 Å². The average molecular weight is 295 g/mol. The van der Waals surface area contributed by atoms with E-state index in [1.165, 1.54) is 37.9 Å². The predicted octanol–water partition coefficient (Wildman–Crippen LogP) is 4.88. The molecule has 0 unspecified atom stereocenters. The Balaban J connectivity index is 0.000000321. The summed E-state index contributed by atoms with van der Waals surface area (Å²) in [5.74, 6) is 1.71. The van der Waals surface area contributed by atoms with E-state index in [1.54, 1.807) is 0 Å². The lowest BCUT2D eigenvalue weighted by Gasteiger charge is -2.20. The fraction of sp³-hybridized carbons (Fsp3) is 0.667.